The lowest BCUT2D eigenvalue weighted by atomic mass is 10.7. The van der Waals surface area contributed by atoms with Gasteiger partial charge in [0.25, 0.3) is 0 Å². The van der Waals surface area contributed by atoms with Crippen LogP contribution in [0.4, 0.5) is 4.79 Å². The molecule has 5 N–H and O–H groups in total. The third-order valence-corrected chi connectivity index (χ3v) is 2.08. The Balaban J connectivity index is 3.18. The second kappa shape index (κ2) is 13.4. The summed E-state index contributed by atoms with van der Waals surface area (Å²) in [5.41, 5.74) is 5.22. The molecule has 0 heterocycles. The second-order valence-electron chi connectivity index (χ2n) is 3.07. The van der Waals surface area contributed by atoms with E-state index in [2.05, 4.69) is 9.44 Å². The molecule has 0 saturated heterocycles. The number of amides is 1. The van der Waals surface area contributed by atoms with E-state index in [1.54, 1.807) is 0 Å². The number of ether oxygens (including phenoxy) is 3. The molecule has 19 heavy (non-hydrogen) atoms. The fraction of sp³-hybridized carbons (Fsp3) is 0.778. The number of hydrogen-bond acceptors (Lipinski definition) is 8. The maximum atomic E-state index is 11.0. The van der Waals surface area contributed by atoms with Gasteiger partial charge in [-0.05, 0) is 0 Å². The number of carboxylic acids is 1. The molecule has 0 spiro atoms. The van der Waals surface area contributed by atoms with Gasteiger partial charge in [0.1, 0.15) is 13.2 Å². The maximum Gasteiger partial charge on any atom is 0.418 e. The van der Waals surface area contributed by atoms with Crippen molar-refractivity contribution in [2.45, 2.75) is 0 Å². The van der Waals surface area contributed by atoms with Gasteiger partial charge in [-0.25, -0.2) is 9.52 Å². The maximum absolute atomic E-state index is 11.0. The van der Waals surface area contributed by atoms with E-state index in [1.807, 2.05) is 0 Å². The lowest BCUT2D eigenvalue weighted by Crippen LogP contribution is -2.26. The van der Waals surface area contributed by atoms with Gasteiger partial charge in [0, 0.05) is 18.7 Å². The van der Waals surface area contributed by atoms with E-state index >= 15 is 0 Å². The number of carboxylic acid groups (broad SMARTS) is 1. The van der Waals surface area contributed by atoms with Crippen molar-refractivity contribution in [2.75, 3.05) is 46.1 Å². The van der Waals surface area contributed by atoms with Crippen LogP contribution in [0.3, 0.4) is 0 Å². The summed E-state index contributed by atoms with van der Waals surface area (Å²) >= 11 is 0.739. The van der Waals surface area contributed by atoms with Crippen LogP contribution in [0.15, 0.2) is 0 Å². The van der Waals surface area contributed by atoms with Crippen molar-refractivity contribution in [1.82, 2.24) is 9.44 Å². The van der Waals surface area contributed by atoms with Crippen LogP contribution in [0.25, 0.3) is 0 Å². The molecule has 0 bridgehead atoms. The average molecular weight is 297 g/mol. The monoisotopic (exact) mass is 297 g/mol. The summed E-state index contributed by atoms with van der Waals surface area (Å²) in [5, 5.41) is 8.30. The molecule has 9 nitrogen and oxygen atoms in total. The zero-order valence-corrected chi connectivity index (χ0v) is 11.2. The molecule has 0 aliphatic rings. The van der Waals surface area contributed by atoms with Crippen molar-refractivity contribution in [3.8, 4) is 0 Å². The molecule has 0 rings (SSSR count). The summed E-state index contributed by atoms with van der Waals surface area (Å²) in [4.78, 5) is 21.2. The van der Waals surface area contributed by atoms with Crippen LogP contribution in [0.2, 0.25) is 0 Å². The second-order valence-corrected chi connectivity index (χ2v) is 3.77. The van der Waals surface area contributed by atoms with E-state index in [0.717, 1.165) is 12.1 Å². The van der Waals surface area contributed by atoms with Crippen LogP contribution >= 0.6 is 12.1 Å². The van der Waals surface area contributed by atoms with E-state index in [0.29, 0.717) is 26.4 Å². The van der Waals surface area contributed by atoms with Crippen molar-refractivity contribution >= 4 is 24.2 Å². The third-order valence-electron chi connectivity index (χ3n) is 1.52. The summed E-state index contributed by atoms with van der Waals surface area (Å²) in [6.07, 6.45) is -0.675. The van der Waals surface area contributed by atoms with Gasteiger partial charge >= 0.3 is 12.1 Å². The van der Waals surface area contributed by atoms with Crippen LogP contribution in [0.1, 0.15) is 0 Å². The Hall–Kier alpha value is -1.07. The van der Waals surface area contributed by atoms with E-state index < -0.39 is 12.1 Å². The molecule has 0 atom stereocenters. The number of hydrogen-bond donors (Lipinski definition) is 4. The summed E-state index contributed by atoms with van der Waals surface area (Å²) in [5.74, 6) is -1.02. The SMILES string of the molecule is NCCOCCOCCOC(=O)NSNCC(=O)O. The standard InChI is InChI=1S/C9H19N3O6S/c10-1-2-16-3-4-17-5-6-18-9(15)12-19-11-7-8(13)14/h11H,1-7,10H2,(H,12,15)(H,13,14). The number of nitrogens with two attached hydrogens (primary N) is 1. The summed E-state index contributed by atoms with van der Waals surface area (Å²) < 4.78 is 19.6. The molecule has 0 aromatic rings. The fourth-order valence-corrected chi connectivity index (χ4v) is 1.21. The van der Waals surface area contributed by atoms with Crippen LogP contribution in [-0.2, 0) is 19.0 Å². The first-order valence-electron chi connectivity index (χ1n) is 5.55. The van der Waals surface area contributed by atoms with Gasteiger partial charge in [-0.3, -0.25) is 9.52 Å². The Morgan fingerprint density at radius 1 is 1.11 bits per heavy atom. The average Bonchev–Trinajstić information content (AvgIpc) is 2.37. The lowest BCUT2D eigenvalue weighted by molar-refractivity contribution is -0.135. The van der Waals surface area contributed by atoms with E-state index in [-0.39, 0.29) is 19.8 Å². The molecule has 0 saturated carbocycles. The van der Waals surface area contributed by atoms with E-state index in [9.17, 15) is 9.59 Å². The van der Waals surface area contributed by atoms with Gasteiger partial charge in [-0.2, -0.15) is 0 Å². The minimum Gasteiger partial charge on any atom is -0.480 e. The molecular weight excluding hydrogens is 278 g/mol. The Kier molecular flexibility index (Phi) is 12.6. The Bertz CT molecular complexity index is 256. The van der Waals surface area contributed by atoms with Crippen molar-refractivity contribution in [2.24, 2.45) is 5.73 Å². The minimum absolute atomic E-state index is 0.0994. The first-order chi connectivity index (χ1) is 9.16. The predicted octanol–water partition coefficient (Wildman–Crippen LogP) is -1.06. The molecule has 0 aliphatic carbocycles. The van der Waals surface area contributed by atoms with Crippen LogP contribution in [0.5, 0.6) is 0 Å². The van der Waals surface area contributed by atoms with Gasteiger partial charge < -0.3 is 25.1 Å². The molecule has 0 aliphatic heterocycles. The Labute approximate surface area is 115 Å². The van der Waals surface area contributed by atoms with Gasteiger partial charge in [-0.1, -0.05) is 0 Å². The van der Waals surface area contributed by atoms with Gasteiger partial charge in [-0.15, -0.1) is 0 Å². The first-order valence-corrected chi connectivity index (χ1v) is 6.37. The van der Waals surface area contributed by atoms with Gasteiger partial charge in [0.2, 0.25) is 0 Å². The first kappa shape index (κ1) is 17.9. The van der Waals surface area contributed by atoms with Crippen molar-refractivity contribution in [3.05, 3.63) is 0 Å². The number of nitrogens with one attached hydrogen (secondary N) is 2. The molecule has 10 heteroatoms. The normalized spacial score (nSPS) is 10.2. The molecule has 0 aromatic carbocycles. The molecule has 0 radical (unpaired) electrons. The highest BCUT2D eigenvalue weighted by molar-refractivity contribution is 7.96. The molecule has 0 aromatic heterocycles. The number of carbonyl (C=O) groups excluding carboxylic acids is 1. The van der Waals surface area contributed by atoms with Gasteiger partial charge in [0.05, 0.1) is 26.4 Å². The molecule has 0 unspecified atom stereocenters. The van der Waals surface area contributed by atoms with Crippen LogP contribution in [-0.4, -0.2) is 63.3 Å². The fourth-order valence-electron chi connectivity index (χ4n) is 0.804. The highest BCUT2D eigenvalue weighted by Gasteiger charge is 2.02. The van der Waals surface area contributed by atoms with Crippen molar-refractivity contribution < 1.29 is 28.9 Å². The smallest absolute Gasteiger partial charge is 0.418 e. The number of aliphatic carboxylic acids is 1. The summed E-state index contributed by atoms with van der Waals surface area (Å²) in [7, 11) is 0. The van der Waals surface area contributed by atoms with Crippen molar-refractivity contribution in [1.29, 1.82) is 0 Å². The van der Waals surface area contributed by atoms with Crippen molar-refractivity contribution in [3.63, 3.8) is 0 Å². The summed E-state index contributed by atoms with van der Waals surface area (Å²) in [6.45, 7) is 1.89. The third kappa shape index (κ3) is 14.9. The number of rotatable bonds is 12. The van der Waals surface area contributed by atoms with Gasteiger partial charge in [0.15, 0.2) is 0 Å². The Morgan fingerprint density at radius 2 is 1.74 bits per heavy atom. The number of carbonyl (C=O) groups is 2. The highest BCUT2D eigenvalue weighted by Crippen LogP contribution is 1.88. The molecular formula is C9H19N3O6S. The topological polar surface area (TPSA) is 132 Å². The van der Waals surface area contributed by atoms with Crippen LogP contribution < -0.4 is 15.2 Å². The molecule has 1 amide bonds. The highest BCUT2D eigenvalue weighted by atomic mass is 32.2. The predicted molar refractivity (Wildman–Crippen MR) is 68.4 cm³/mol. The molecule has 0 fully saturated rings. The zero-order valence-electron chi connectivity index (χ0n) is 10.4. The van der Waals surface area contributed by atoms with Crippen LogP contribution in [0, 0.1) is 0 Å². The Morgan fingerprint density at radius 3 is 2.37 bits per heavy atom. The van der Waals surface area contributed by atoms with E-state index in [1.165, 1.54) is 0 Å². The van der Waals surface area contributed by atoms with E-state index in [4.69, 9.17) is 25.1 Å². The summed E-state index contributed by atoms with van der Waals surface area (Å²) in [6, 6.07) is 0. The quantitative estimate of drug-likeness (QED) is 0.263. The zero-order chi connectivity index (χ0) is 14.3. The lowest BCUT2D eigenvalue weighted by Gasteiger charge is -2.07. The molecule has 112 valence electrons. The minimum atomic E-state index is -1.02. The largest absolute Gasteiger partial charge is 0.480 e.